The lowest BCUT2D eigenvalue weighted by Gasteiger charge is -2.17. The lowest BCUT2D eigenvalue weighted by Crippen LogP contribution is -2.15. The van der Waals surface area contributed by atoms with Gasteiger partial charge in [-0.2, -0.15) is 0 Å². The van der Waals surface area contributed by atoms with E-state index >= 15 is 0 Å². The molecule has 2 aromatic rings. The zero-order valence-electron chi connectivity index (χ0n) is 11.9. The minimum atomic E-state index is 0.318. The Balaban J connectivity index is 2.26. The van der Waals surface area contributed by atoms with Crippen molar-refractivity contribution in [3.63, 3.8) is 0 Å². The van der Waals surface area contributed by atoms with Gasteiger partial charge in [0.15, 0.2) is 0 Å². The van der Waals surface area contributed by atoms with Gasteiger partial charge in [-0.1, -0.05) is 45.8 Å². The fourth-order valence-corrected chi connectivity index (χ4v) is 2.77. The molecule has 0 aromatic heterocycles. The van der Waals surface area contributed by atoms with Gasteiger partial charge in [0.05, 0.1) is 7.11 Å². The number of rotatable bonds is 5. The summed E-state index contributed by atoms with van der Waals surface area (Å²) in [7, 11) is 1.69. The Hall–Kier alpha value is -1.32. The molecule has 2 N–H and O–H groups in total. The first kappa shape index (κ1) is 15.1. The number of hydrogen-bond donors (Lipinski definition) is 1. The summed E-state index contributed by atoms with van der Waals surface area (Å²) in [5, 5.41) is 0. The standard InChI is InChI=1S/C17H20BrNO/c1-12-4-3-5-13(8-12)15(11-19)9-14-10-16(20-2)6-7-17(14)18/h3-8,10,15H,9,11,19H2,1-2H3. The van der Waals surface area contributed by atoms with Crippen LogP contribution in [0.3, 0.4) is 0 Å². The molecule has 1 atom stereocenters. The first-order valence-corrected chi connectivity index (χ1v) is 7.52. The Morgan fingerprint density at radius 3 is 2.65 bits per heavy atom. The smallest absolute Gasteiger partial charge is 0.119 e. The van der Waals surface area contributed by atoms with E-state index in [0.29, 0.717) is 12.5 Å². The number of hydrogen-bond acceptors (Lipinski definition) is 2. The quantitative estimate of drug-likeness (QED) is 0.895. The molecule has 0 spiro atoms. The van der Waals surface area contributed by atoms with E-state index in [1.807, 2.05) is 12.1 Å². The Morgan fingerprint density at radius 1 is 1.20 bits per heavy atom. The Bertz CT molecular complexity index is 583. The fraction of sp³-hybridized carbons (Fsp3) is 0.294. The molecule has 1 unspecified atom stereocenters. The van der Waals surface area contributed by atoms with Gasteiger partial charge in [0, 0.05) is 10.4 Å². The van der Waals surface area contributed by atoms with Gasteiger partial charge in [0.1, 0.15) is 5.75 Å². The molecule has 3 heteroatoms. The molecule has 0 aliphatic rings. The van der Waals surface area contributed by atoms with Gasteiger partial charge in [-0.15, -0.1) is 0 Å². The third-order valence-electron chi connectivity index (χ3n) is 3.52. The molecule has 0 amide bonds. The maximum absolute atomic E-state index is 5.98. The third-order valence-corrected chi connectivity index (χ3v) is 4.29. The maximum atomic E-state index is 5.98. The third kappa shape index (κ3) is 3.62. The van der Waals surface area contributed by atoms with E-state index in [2.05, 4.69) is 53.2 Å². The van der Waals surface area contributed by atoms with Crippen LogP contribution in [0.5, 0.6) is 5.75 Å². The second-order valence-corrected chi connectivity index (χ2v) is 5.86. The summed E-state index contributed by atoms with van der Waals surface area (Å²) in [5.74, 6) is 1.20. The van der Waals surface area contributed by atoms with Crippen LogP contribution in [0.2, 0.25) is 0 Å². The van der Waals surface area contributed by atoms with Crippen LogP contribution in [-0.4, -0.2) is 13.7 Å². The Morgan fingerprint density at radius 2 is 2.00 bits per heavy atom. The highest BCUT2D eigenvalue weighted by molar-refractivity contribution is 9.10. The monoisotopic (exact) mass is 333 g/mol. The molecule has 0 aliphatic heterocycles. The van der Waals surface area contributed by atoms with Crippen molar-refractivity contribution in [2.75, 3.05) is 13.7 Å². The summed E-state index contributed by atoms with van der Waals surface area (Å²) in [4.78, 5) is 0. The average molecular weight is 334 g/mol. The van der Waals surface area contributed by atoms with Crippen molar-refractivity contribution in [2.45, 2.75) is 19.3 Å². The van der Waals surface area contributed by atoms with E-state index in [1.165, 1.54) is 16.7 Å². The second-order valence-electron chi connectivity index (χ2n) is 5.01. The molecule has 106 valence electrons. The van der Waals surface area contributed by atoms with E-state index in [0.717, 1.165) is 16.6 Å². The van der Waals surface area contributed by atoms with Gasteiger partial charge in [0.25, 0.3) is 0 Å². The SMILES string of the molecule is COc1ccc(Br)c(CC(CN)c2cccc(C)c2)c1. The van der Waals surface area contributed by atoms with E-state index in [-0.39, 0.29) is 0 Å². The predicted octanol–water partition coefficient (Wildman–Crippen LogP) is 4.05. The zero-order chi connectivity index (χ0) is 14.5. The molecule has 20 heavy (non-hydrogen) atoms. The summed E-state index contributed by atoms with van der Waals surface area (Å²) in [6.45, 7) is 2.74. The summed E-state index contributed by atoms with van der Waals surface area (Å²) in [5.41, 5.74) is 9.76. The zero-order valence-corrected chi connectivity index (χ0v) is 13.5. The molecular weight excluding hydrogens is 314 g/mol. The van der Waals surface area contributed by atoms with Crippen LogP contribution in [0.1, 0.15) is 22.6 Å². The summed E-state index contributed by atoms with van der Waals surface area (Å²) in [6, 6.07) is 14.6. The van der Waals surface area contributed by atoms with Gasteiger partial charge in [-0.05, 0) is 49.2 Å². The minimum Gasteiger partial charge on any atom is -0.497 e. The minimum absolute atomic E-state index is 0.318. The topological polar surface area (TPSA) is 35.2 Å². The molecule has 2 rings (SSSR count). The lowest BCUT2D eigenvalue weighted by molar-refractivity contribution is 0.414. The first-order valence-electron chi connectivity index (χ1n) is 6.73. The maximum Gasteiger partial charge on any atom is 0.119 e. The molecule has 0 saturated carbocycles. The van der Waals surface area contributed by atoms with Gasteiger partial charge >= 0.3 is 0 Å². The van der Waals surface area contributed by atoms with Crippen molar-refractivity contribution in [1.82, 2.24) is 0 Å². The van der Waals surface area contributed by atoms with E-state index < -0.39 is 0 Å². The van der Waals surface area contributed by atoms with Crippen LogP contribution in [-0.2, 0) is 6.42 Å². The number of aryl methyl sites for hydroxylation is 1. The summed E-state index contributed by atoms with van der Waals surface area (Å²) in [6.07, 6.45) is 0.901. The number of nitrogens with two attached hydrogens (primary N) is 1. The largest absolute Gasteiger partial charge is 0.497 e. The number of ether oxygens (including phenoxy) is 1. The number of benzene rings is 2. The summed E-state index contributed by atoms with van der Waals surface area (Å²) < 4.78 is 6.40. The fourth-order valence-electron chi connectivity index (χ4n) is 2.36. The van der Waals surface area contributed by atoms with E-state index in [4.69, 9.17) is 10.5 Å². The van der Waals surface area contributed by atoms with Crippen LogP contribution in [0, 0.1) is 6.92 Å². The first-order chi connectivity index (χ1) is 9.63. The van der Waals surface area contributed by atoms with Crippen LogP contribution >= 0.6 is 15.9 Å². The highest BCUT2D eigenvalue weighted by Crippen LogP contribution is 2.28. The highest BCUT2D eigenvalue weighted by Gasteiger charge is 2.13. The van der Waals surface area contributed by atoms with Gasteiger partial charge < -0.3 is 10.5 Å². The highest BCUT2D eigenvalue weighted by atomic mass is 79.9. The van der Waals surface area contributed by atoms with Crippen molar-refractivity contribution < 1.29 is 4.74 Å². The van der Waals surface area contributed by atoms with Crippen LogP contribution in [0.4, 0.5) is 0 Å². The molecule has 0 fully saturated rings. The van der Waals surface area contributed by atoms with Crippen LogP contribution in [0.15, 0.2) is 46.9 Å². The van der Waals surface area contributed by atoms with Gasteiger partial charge in [-0.25, -0.2) is 0 Å². The lowest BCUT2D eigenvalue weighted by atomic mass is 9.91. The average Bonchev–Trinajstić information content (AvgIpc) is 2.46. The van der Waals surface area contributed by atoms with Crippen molar-refractivity contribution in [1.29, 1.82) is 0 Å². The normalized spacial score (nSPS) is 12.2. The second kappa shape index (κ2) is 6.91. The molecule has 0 saturated heterocycles. The van der Waals surface area contributed by atoms with Crippen molar-refractivity contribution >= 4 is 15.9 Å². The van der Waals surface area contributed by atoms with Crippen LogP contribution in [0.25, 0.3) is 0 Å². The molecule has 0 bridgehead atoms. The van der Waals surface area contributed by atoms with E-state index in [1.54, 1.807) is 7.11 Å². The van der Waals surface area contributed by atoms with Gasteiger partial charge in [0.2, 0.25) is 0 Å². The molecule has 0 heterocycles. The Labute approximate surface area is 129 Å². The molecule has 0 aliphatic carbocycles. The van der Waals surface area contributed by atoms with Gasteiger partial charge in [-0.3, -0.25) is 0 Å². The molecular formula is C17H20BrNO. The predicted molar refractivity (Wildman–Crippen MR) is 87.4 cm³/mol. The molecule has 2 nitrogen and oxygen atoms in total. The van der Waals surface area contributed by atoms with Crippen molar-refractivity contribution in [3.05, 3.63) is 63.6 Å². The number of halogens is 1. The molecule has 2 aromatic carbocycles. The van der Waals surface area contributed by atoms with Crippen LogP contribution < -0.4 is 10.5 Å². The Kier molecular flexibility index (Phi) is 5.21. The number of methoxy groups -OCH3 is 1. The van der Waals surface area contributed by atoms with Crippen molar-refractivity contribution in [3.8, 4) is 5.75 Å². The van der Waals surface area contributed by atoms with E-state index in [9.17, 15) is 0 Å². The molecule has 0 radical (unpaired) electrons. The summed E-state index contributed by atoms with van der Waals surface area (Å²) >= 11 is 3.61. The van der Waals surface area contributed by atoms with Crippen molar-refractivity contribution in [2.24, 2.45) is 5.73 Å².